The first-order chi connectivity index (χ1) is 15.0. The fraction of sp³-hybridized carbons (Fsp3) is 0.227. The maximum absolute atomic E-state index is 12.5. The molecule has 1 amide bonds. The Kier molecular flexibility index (Phi) is 5.74. The summed E-state index contributed by atoms with van der Waals surface area (Å²) in [7, 11) is 0. The first-order valence-electron chi connectivity index (χ1n) is 9.81. The van der Waals surface area contributed by atoms with Crippen molar-refractivity contribution in [3.63, 3.8) is 0 Å². The van der Waals surface area contributed by atoms with E-state index in [1.165, 1.54) is 12.1 Å². The van der Waals surface area contributed by atoms with Gasteiger partial charge in [-0.05, 0) is 30.3 Å². The number of fused-ring (bicyclic) bond motifs is 1. The van der Waals surface area contributed by atoms with Crippen LogP contribution in [0.25, 0.3) is 10.9 Å². The Bertz CT molecular complexity index is 1120. The molecule has 0 atom stereocenters. The number of nitro groups is 1. The van der Waals surface area contributed by atoms with Gasteiger partial charge in [0.15, 0.2) is 6.61 Å². The number of esters is 1. The molecular formula is C22H20N4O5. The van der Waals surface area contributed by atoms with Crippen molar-refractivity contribution in [1.29, 1.82) is 0 Å². The van der Waals surface area contributed by atoms with Gasteiger partial charge < -0.3 is 14.5 Å². The highest BCUT2D eigenvalue weighted by Gasteiger charge is 2.23. The molecule has 0 radical (unpaired) electrons. The van der Waals surface area contributed by atoms with Crippen molar-refractivity contribution in [1.82, 2.24) is 9.88 Å². The molecule has 0 unspecified atom stereocenters. The lowest BCUT2D eigenvalue weighted by atomic mass is 10.1. The number of amides is 1. The number of pyridine rings is 1. The number of anilines is 1. The van der Waals surface area contributed by atoms with Crippen LogP contribution in [-0.2, 0) is 9.53 Å². The SMILES string of the molecule is O=C(OCC(=O)N1CCN(c2ccc([N+](=O)[O-])cc2)CC1)c1cccc2ncccc12. The van der Waals surface area contributed by atoms with Crippen LogP contribution >= 0.6 is 0 Å². The van der Waals surface area contributed by atoms with Crippen molar-refractivity contribution in [3.05, 3.63) is 76.5 Å². The quantitative estimate of drug-likeness (QED) is 0.355. The Hall–Kier alpha value is -4.01. The molecule has 0 spiro atoms. The van der Waals surface area contributed by atoms with E-state index in [4.69, 9.17) is 4.74 Å². The van der Waals surface area contributed by atoms with Gasteiger partial charge in [-0.1, -0.05) is 12.1 Å². The molecular weight excluding hydrogens is 400 g/mol. The molecule has 1 aliphatic heterocycles. The van der Waals surface area contributed by atoms with Crippen LogP contribution in [0, 0.1) is 10.1 Å². The normalized spacial score (nSPS) is 13.8. The van der Waals surface area contributed by atoms with E-state index < -0.39 is 10.9 Å². The number of hydrogen-bond acceptors (Lipinski definition) is 7. The number of ether oxygens (including phenoxy) is 1. The molecule has 2 heterocycles. The largest absolute Gasteiger partial charge is 0.452 e. The number of rotatable bonds is 5. The highest BCUT2D eigenvalue weighted by atomic mass is 16.6. The summed E-state index contributed by atoms with van der Waals surface area (Å²) >= 11 is 0. The molecule has 2 aromatic carbocycles. The van der Waals surface area contributed by atoms with Gasteiger partial charge in [-0.3, -0.25) is 19.9 Å². The molecule has 9 heteroatoms. The van der Waals surface area contributed by atoms with Crippen molar-refractivity contribution in [2.24, 2.45) is 0 Å². The number of benzene rings is 2. The Balaban J connectivity index is 1.31. The summed E-state index contributed by atoms with van der Waals surface area (Å²) in [5.41, 5.74) is 1.97. The third kappa shape index (κ3) is 4.45. The third-order valence-corrected chi connectivity index (χ3v) is 5.25. The maximum Gasteiger partial charge on any atom is 0.339 e. The molecule has 1 aromatic heterocycles. The van der Waals surface area contributed by atoms with E-state index in [0.717, 1.165) is 5.69 Å². The van der Waals surface area contributed by atoms with Crippen LogP contribution < -0.4 is 4.90 Å². The fourth-order valence-corrected chi connectivity index (χ4v) is 3.58. The number of aromatic nitrogens is 1. The van der Waals surface area contributed by atoms with Crippen molar-refractivity contribution in [2.45, 2.75) is 0 Å². The lowest BCUT2D eigenvalue weighted by molar-refractivity contribution is -0.384. The van der Waals surface area contributed by atoms with Gasteiger partial charge in [0.2, 0.25) is 0 Å². The summed E-state index contributed by atoms with van der Waals surface area (Å²) in [6.07, 6.45) is 1.65. The second-order valence-corrected chi connectivity index (χ2v) is 7.09. The van der Waals surface area contributed by atoms with Crippen molar-refractivity contribution >= 4 is 34.2 Å². The number of nitrogens with zero attached hydrogens (tertiary/aromatic N) is 4. The zero-order chi connectivity index (χ0) is 21.8. The van der Waals surface area contributed by atoms with Crippen LogP contribution in [0.4, 0.5) is 11.4 Å². The van der Waals surface area contributed by atoms with Gasteiger partial charge in [0, 0.05) is 55.6 Å². The van der Waals surface area contributed by atoms with Crippen molar-refractivity contribution in [2.75, 3.05) is 37.7 Å². The molecule has 0 bridgehead atoms. The van der Waals surface area contributed by atoms with Crippen molar-refractivity contribution < 1.29 is 19.2 Å². The number of carbonyl (C=O) groups excluding carboxylic acids is 2. The van der Waals surface area contributed by atoms with Crippen LogP contribution in [0.5, 0.6) is 0 Å². The summed E-state index contributed by atoms with van der Waals surface area (Å²) in [6, 6.07) is 15.1. The van der Waals surface area contributed by atoms with Gasteiger partial charge in [-0.2, -0.15) is 0 Å². The molecule has 31 heavy (non-hydrogen) atoms. The summed E-state index contributed by atoms with van der Waals surface area (Å²) in [6.45, 7) is 1.81. The Morgan fingerprint density at radius 3 is 2.45 bits per heavy atom. The van der Waals surface area contributed by atoms with Gasteiger partial charge in [-0.15, -0.1) is 0 Å². The Morgan fingerprint density at radius 2 is 1.74 bits per heavy atom. The first-order valence-corrected chi connectivity index (χ1v) is 9.81. The zero-order valence-corrected chi connectivity index (χ0v) is 16.6. The average Bonchev–Trinajstić information content (AvgIpc) is 2.82. The van der Waals surface area contributed by atoms with E-state index in [1.54, 1.807) is 47.5 Å². The standard InChI is InChI=1S/C22H20N4O5/c27-21(15-31-22(28)19-3-1-5-20-18(19)4-2-10-23-20)25-13-11-24(12-14-25)16-6-8-17(9-7-16)26(29)30/h1-10H,11-15H2. The molecule has 0 N–H and O–H groups in total. The van der Waals surface area contributed by atoms with Crippen molar-refractivity contribution in [3.8, 4) is 0 Å². The lowest BCUT2D eigenvalue weighted by Gasteiger charge is -2.36. The lowest BCUT2D eigenvalue weighted by Crippen LogP contribution is -2.49. The van der Waals surface area contributed by atoms with Crippen LogP contribution in [-0.4, -0.2) is 59.5 Å². The minimum absolute atomic E-state index is 0.0429. The van der Waals surface area contributed by atoms with Gasteiger partial charge in [-0.25, -0.2) is 4.79 Å². The van der Waals surface area contributed by atoms with E-state index in [1.807, 2.05) is 6.07 Å². The van der Waals surface area contributed by atoms with E-state index >= 15 is 0 Å². The van der Waals surface area contributed by atoms with E-state index in [2.05, 4.69) is 9.88 Å². The summed E-state index contributed by atoms with van der Waals surface area (Å²) in [5.74, 6) is -0.813. The molecule has 158 valence electrons. The van der Waals surface area contributed by atoms with Gasteiger partial charge in [0.1, 0.15) is 0 Å². The summed E-state index contributed by atoms with van der Waals surface area (Å²) in [5, 5.41) is 11.5. The van der Waals surface area contributed by atoms with Crippen LogP contribution in [0.2, 0.25) is 0 Å². The number of non-ortho nitro benzene ring substituents is 1. The number of piperazine rings is 1. The number of carbonyl (C=O) groups is 2. The second-order valence-electron chi connectivity index (χ2n) is 7.09. The monoisotopic (exact) mass is 420 g/mol. The van der Waals surface area contributed by atoms with E-state index in [9.17, 15) is 19.7 Å². The molecule has 4 rings (SSSR count). The summed E-state index contributed by atoms with van der Waals surface area (Å²) < 4.78 is 5.26. The topological polar surface area (TPSA) is 106 Å². The van der Waals surface area contributed by atoms with Crippen LogP contribution in [0.3, 0.4) is 0 Å². The Morgan fingerprint density at radius 1 is 1.00 bits per heavy atom. The molecule has 9 nitrogen and oxygen atoms in total. The highest BCUT2D eigenvalue weighted by Crippen LogP contribution is 2.21. The first kappa shape index (κ1) is 20.3. The minimum Gasteiger partial charge on any atom is -0.452 e. The molecule has 3 aromatic rings. The predicted octanol–water partition coefficient (Wildman–Crippen LogP) is 2.65. The van der Waals surface area contributed by atoms with Crippen LogP contribution in [0.15, 0.2) is 60.8 Å². The van der Waals surface area contributed by atoms with Gasteiger partial charge in [0.05, 0.1) is 16.0 Å². The molecule has 0 aliphatic carbocycles. The molecule has 1 fully saturated rings. The molecule has 1 aliphatic rings. The van der Waals surface area contributed by atoms with Gasteiger partial charge >= 0.3 is 5.97 Å². The smallest absolute Gasteiger partial charge is 0.339 e. The van der Waals surface area contributed by atoms with Gasteiger partial charge in [0.25, 0.3) is 11.6 Å². The maximum atomic E-state index is 12.5. The van der Waals surface area contributed by atoms with Crippen LogP contribution in [0.1, 0.15) is 10.4 Å². The number of nitro benzene ring substituents is 1. The zero-order valence-electron chi connectivity index (χ0n) is 16.6. The molecule has 0 saturated carbocycles. The number of hydrogen-bond donors (Lipinski definition) is 0. The predicted molar refractivity (Wildman–Crippen MR) is 114 cm³/mol. The summed E-state index contributed by atoms with van der Waals surface area (Å²) in [4.78, 5) is 43.3. The molecule has 1 saturated heterocycles. The van der Waals surface area contributed by atoms with E-state index in [-0.39, 0.29) is 18.2 Å². The van der Waals surface area contributed by atoms with E-state index in [0.29, 0.717) is 42.6 Å². The average molecular weight is 420 g/mol. The third-order valence-electron chi connectivity index (χ3n) is 5.25. The minimum atomic E-state index is -0.559. The second kappa shape index (κ2) is 8.78. The fourth-order valence-electron chi connectivity index (χ4n) is 3.58. The Labute approximate surface area is 178 Å². The highest BCUT2D eigenvalue weighted by molar-refractivity contribution is 6.03.